The maximum Gasteiger partial charge on any atom is 0.422 e. The van der Waals surface area contributed by atoms with Gasteiger partial charge in [-0.15, -0.1) is 0 Å². The van der Waals surface area contributed by atoms with Crippen LogP contribution in [-0.4, -0.2) is 30.8 Å². The number of hydrogen-bond donors (Lipinski definition) is 2. The zero-order chi connectivity index (χ0) is 20.7. The molecule has 0 saturated heterocycles. The molecule has 0 amide bonds. The molecule has 2 N–H and O–H groups in total. The van der Waals surface area contributed by atoms with Crippen LogP contribution in [0.15, 0.2) is 62.6 Å². The van der Waals surface area contributed by atoms with Crippen LogP contribution >= 0.6 is 0 Å². The van der Waals surface area contributed by atoms with Crippen molar-refractivity contribution in [2.24, 2.45) is 7.05 Å². The van der Waals surface area contributed by atoms with Gasteiger partial charge in [-0.05, 0) is 23.8 Å². The van der Waals surface area contributed by atoms with Gasteiger partial charge in [0.15, 0.2) is 11.2 Å². The van der Waals surface area contributed by atoms with E-state index in [2.05, 4.69) is 0 Å². The van der Waals surface area contributed by atoms with E-state index >= 15 is 0 Å². The van der Waals surface area contributed by atoms with Crippen LogP contribution in [-0.2, 0) is 22.7 Å². The fourth-order valence-electron chi connectivity index (χ4n) is 2.64. The third-order valence-electron chi connectivity index (χ3n) is 4.31. The highest BCUT2D eigenvalue weighted by atomic mass is 32.2. The Bertz CT molecular complexity index is 1170. The number of hydrogen-bond acceptors (Lipinski definition) is 5. The summed E-state index contributed by atoms with van der Waals surface area (Å²) in [5.74, 6) is -0.715. The summed E-state index contributed by atoms with van der Waals surface area (Å²) in [6, 6.07) is 9.57. The van der Waals surface area contributed by atoms with Crippen LogP contribution in [0.2, 0.25) is 0 Å². The monoisotopic (exact) mass is 416 g/mol. The van der Waals surface area contributed by atoms with E-state index in [0.29, 0.717) is 0 Å². The first-order valence-corrected chi connectivity index (χ1v) is 9.38. The molecule has 0 aliphatic rings. The second-order valence-corrected chi connectivity index (χ2v) is 7.87. The van der Waals surface area contributed by atoms with Gasteiger partial charge in [0, 0.05) is 7.05 Å². The summed E-state index contributed by atoms with van der Waals surface area (Å²) >= 11 is 0. The second kappa shape index (κ2) is 6.76. The third-order valence-corrected chi connectivity index (χ3v) is 5.71. The number of sulfonamides is 1. The Morgan fingerprint density at radius 3 is 2.39 bits per heavy atom. The fourth-order valence-corrected chi connectivity index (χ4v) is 3.72. The van der Waals surface area contributed by atoms with Crippen molar-refractivity contribution in [1.82, 2.24) is 9.29 Å². The summed E-state index contributed by atoms with van der Waals surface area (Å²) in [6.45, 7) is -1.33. The lowest BCUT2D eigenvalue weighted by Crippen LogP contribution is -2.51. The average Bonchev–Trinajstić information content (AvgIpc) is 2.93. The molecule has 0 radical (unpaired) electrons. The first-order chi connectivity index (χ1) is 13.0. The van der Waals surface area contributed by atoms with Gasteiger partial charge in [0.05, 0.1) is 17.0 Å². The summed E-state index contributed by atoms with van der Waals surface area (Å²) in [5, 5.41) is 10.2. The normalized spacial score (nSPS) is 14.9. The van der Waals surface area contributed by atoms with Crippen molar-refractivity contribution in [2.75, 3.05) is 6.54 Å². The molecule has 11 heteroatoms. The van der Waals surface area contributed by atoms with E-state index in [9.17, 15) is 31.5 Å². The number of aromatic nitrogens is 1. The van der Waals surface area contributed by atoms with Crippen molar-refractivity contribution in [3.63, 3.8) is 0 Å². The number of nitrogens with zero attached hydrogens (tertiary/aromatic N) is 1. The molecule has 0 bridgehead atoms. The minimum Gasteiger partial charge on any atom is -0.408 e. The zero-order valence-electron chi connectivity index (χ0n) is 14.4. The summed E-state index contributed by atoms with van der Waals surface area (Å²) in [4.78, 5) is 11.1. The molecule has 28 heavy (non-hydrogen) atoms. The van der Waals surface area contributed by atoms with E-state index in [1.54, 1.807) is 4.72 Å². The van der Waals surface area contributed by atoms with Crippen LogP contribution < -0.4 is 10.5 Å². The number of fused-ring (bicyclic) bond motifs is 1. The predicted molar refractivity (Wildman–Crippen MR) is 93.0 cm³/mol. The van der Waals surface area contributed by atoms with E-state index in [4.69, 9.17) is 4.42 Å². The third kappa shape index (κ3) is 3.43. The predicted octanol–water partition coefficient (Wildman–Crippen LogP) is 1.86. The minimum absolute atomic E-state index is 0.127. The van der Waals surface area contributed by atoms with Crippen LogP contribution in [0.1, 0.15) is 5.56 Å². The van der Waals surface area contributed by atoms with Gasteiger partial charge in [0.25, 0.3) is 0 Å². The van der Waals surface area contributed by atoms with Crippen molar-refractivity contribution < 1.29 is 31.1 Å². The largest absolute Gasteiger partial charge is 0.422 e. The molecule has 3 rings (SSSR count). The topological polar surface area (TPSA) is 102 Å². The number of alkyl halides is 3. The molecule has 2 aromatic carbocycles. The summed E-state index contributed by atoms with van der Waals surface area (Å²) < 4.78 is 73.2. The molecule has 0 aliphatic carbocycles. The van der Waals surface area contributed by atoms with Crippen LogP contribution in [0.5, 0.6) is 0 Å². The number of oxazole rings is 1. The van der Waals surface area contributed by atoms with E-state index in [1.165, 1.54) is 31.3 Å². The SMILES string of the molecule is Cn1c(=O)oc2ccc(S(=O)(=O)NC[C@](O)(c3ccccc3)C(F)(F)F)cc21. The van der Waals surface area contributed by atoms with Gasteiger partial charge in [-0.3, -0.25) is 4.57 Å². The van der Waals surface area contributed by atoms with Crippen LogP contribution in [0.4, 0.5) is 13.2 Å². The summed E-state index contributed by atoms with van der Waals surface area (Å²) in [5.41, 5.74) is -3.64. The fraction of sp³-hybridized carbons (Fsp3) is 0.235. The summed E-state index contributed by atoms with van der Waals surface area (Å²) in [6.07, 6.45) is -5.13. The second-order valence-electron chi connectivity index (χ2n) is 6.11. The van der Waals surface area contributed by atoms with Gasteiger partial charge >= 0.3 is 11.9 Å². The molecule has 0 aliphatic heterocycles. The van der Waals surface area contributed by atoms with Crippen molar-refractivity contribution in [1.29, 1.82) is 0 Å². The lowest BCUT2D eigenvalue weighted by Gasteiger charge is -2.31. The molecule has 0 fully saturated rings. The maximum absolute atomic E-state index is 13.5. The lowest BCUT2D eigenvalue weighted by atomic mass is 9.93. The molecule has 0 spiro atoms. The number of aryl methyl sites for hydroxylation is 1. The Kier molecular flexibility index (Phi) is 4.86. The Balaban J connectivity index is 1.95. The Labute approximate surface area is 157 Å². The van der Waals surface area contributed by atoms with Gasteiger partial charge in [-0.1, -0.05) is 30.3 Å². The van der Waals surface area contributed by atoms with Crippen molar-refractivity contribution in [3.05, 3.63) is 64.6 Å². The van der Waals surface area contributed by atoms with E-state index in [0.717, 1.165) is 28.8 Å². The molecular weight excluding hydrogens is 401 g/mol. The maximum atomic E-state index is 13.5. The lowest BCUT2D eigenvalue weighted by molar-refractivity contribution is -0.263. The smallest absolute Gasteiger partial charge is 0.408 e. The van der Waals surface area contributed by atoms with Gasteiger partial charge in [-0.25, -0.2) is 17.9 Å². The Morgan fingerprint density at radius 1 is 1.14 bits per heavy atom. The highest BCUT2D eigenvalue weighted by Crippen LogP contribution is 2.38. The standard InChI is InChI=1S/C17H15F3N2O5S/c1-22-13-9-12(7-8-14(13)27-15(22)23)28(25,26)21-10-16(24,17(18,19)20)11-5-3-2-4-6-11/h2-9,21,24H,10H2,1H3/t16-/m0/s1. The van der Waals surface area contributed by atoms with Gasteiger partial charge < -0.3 is 9.52 Å². The highest BCUT2D eigenvalue weighted by molar-refractivity contribution is 7.89. The van der Waals surface area contributed by atoms with E-state index in [1.807, 2.05) is 0 Å². The van der Waals surface area contributed by atoms with Crippen LogP contribution in [0.25, 0.3) is 11.1 Å². The molecule has 150 valence electrons. The van der Waals surface area contributed by atoms with E-state index in [-0.39, 0.29) is 16.0 Å². The van der Waals surface area contributed by atoms with Gasteiger partial charge in [0.1, 0.15) is 0 Å². The molecular formula is C17H15F3N2O5S. The molecule has 1 aromatic heterocycles. The first kappa shape index (κ1) is 20.1. The number of benzene rings is 2. The minimum atomic E-state index is -5.13. The quantitative estimate of drug-likeness (QED) is 0.661. The number of rotatable bonds is 5. The Hall–Kier alpha value is -2.63. The number of nitrogens with one attached hydrogen (secondary N) is 1. The summed E-state index contributed by atoms with van der Waals surface area (Å²) in [7, 11) is -3.07. The van der Waals surface area contributed by atoms with Crippen LogP contribution in [0.3, 0.4) is 0 Å². The molecule has 7 nitrogen and oxygen atoms in total. The van der Waals surface area contributed by atoms with Gasteiger partial charge in [-0.2, -0.15) is 13.2 Å². The van der Waals surface area contributed by atoms with E-state index < -0.39 is 39.7 Å². The first-order valence-electron chi connectivity index (χ1n) is 7.89. The molecule has 0 saturated carbocycles. The van der Waals surface area contributed by atoms with Crippen molar-refractivity contribution >= 4 is 21.1 Å². The number of halogens is 3. The van der Waals surface area contributed by atoms with Crippen LogP contribution in [0, 0.1) is 0 Å². The van der Waals surface area contributed by atoms with Crippen molar-refractivity contribution in [3.8, 4) is 0 Å². The molecule has 1 atom stereocenters. The average molecular weight is 416 g/mol. The zero-order valence-corrected chi connectivity index (χ0v) is 15.2. The molecule has 3 aromatic rings. The number of aliphatic hydroxyl groups is 1. The Morgan fingerprint density at radius 2 is 1.79 bits per heavy atom. The van der Waals surface area contributed by atoms with Crippen molar-refractivity contribution in [2.45, 2.75) is 16.7 Å². The molecule has 1 heterocycles. The molecule has 0 unspecified atom stereocenters. The highest BCUT2D eigenvalue weighted by Gasteiger charge is 2.55. The van der Waals surface area contributed by atoms with Gasteiger partial charge in [0.2, 0.25) is 10.0 Å².